The number of halogens is 1. The Kier molecular flexibility index (Phi) is 4.45. The Morgan fingerprint density at radius 2 is 1.97 bits per heavy atom. The average molecular weight is 411 g/mol. The molecule has 1 saturated carbocycles. The summed E-state index contributed by atoms with van der Waals surface area (Å²) in [5, 5.41) is 4.00. The lowest BCUT2D eigenvalue weighted by Crippen LogP contribution is -2.55. The Morgan fingerprint density at radius 3 is 2.70 bits per heavy atom. The Balaban J connectivity index is 1.47. The number of likely N-dealkylation sites (tertiary alicyclic amines) is 2. The Bertz CT molecular complexity index is 1010. The van der Waals surface area contributed by atoms with Crippen LogP contribution >= 0.6 is 0 Å². The molecular weight excluding hydrogens is 385 g/mol. The number of carbonyl (C=O) groups excluding carboxylic acids is 2. The number of rotatable bonds is 2. The Morgan fingerprint density at radius 1 is 1.20 bits per heavy atom. The predicted molar refractivity (Wildman–Crippen MR) is 108 cm³/mol. The molecular formula is C23H26FN3O3. The van der Waals surface area contributed by atoms with Crippen molar-refractivity contribution in [3.8, 4) is 11.3 Å². The second-order valence-corrected chi connectivity index (χ2v) is 9.15. The standard InChI is InChI=1S/C23H26FN3O3/c1-14(28)27-17-12-23(2)20(8-3-4-9-21(23)27)26(13-17)22(29)19-11-18(25-30-19)15-6-5-7-16(24)10-15/h5-7,10-11,17,20-21H,3-4,8-9,12-13H2,1-2H3/t17-,20+,21-,23+/m0/s1. The first-order chi connectivity index (χ1) is 14.4. The van der Waals surface area contributed by atoms with Crippen LogP contribution in [0.1, 0.15) is 56.5 Å². The van der Waals surface area contributed by atoms with Gasteiger partial charge in [-0.1, -0.05) is 37.1 Å². The molecule has 2 amide bonds. The molecule has 0 N–H and O–H groups in total. The number of benzene rings is 1. The maximum atomic E-state index is 13.6. The van der Waals surface area contributed by atoms with Crippen LogP contribution in [0.5, 0.6) is 0 Å². The normalized spacial score (nSPS) is 30.3. The second kappa shape index (κ2) is 6.93. The zero-order valence-electron chi connectivity index (χ0n) is 17.3. The van der Waals surface area contributed by atoms with Crippen molar-refractivity contribution in [1.82, 2.24) is 15.0 Å². The second-order valence-electron chi connectivity index (χ2n) is 9.15. The van der Waals surface area contributed by atoms with Crippen LogP contribution in [0.25, 0.3) is 11.3 Å². The lowest BCUT2D eigenvalue weighted by Gasteiger charge is -2.46. The zero-order chi connectivity index (χ0) is 21.0. The Hall–Kier alpha value is -2.70. The quantitative estimate of drug-likeness (QED) is 0.752. The minimum atomic E-state index is -0.363. The average Bonchev–Trinajstić information content (AvgIpc) is 3.24. The van der Waals surface area contributed by atoms with Crippen LogP contribution in [0.3, 0.4) is 0 Å². The van der Waals surface area contributed by atoms with Gasteiger partial charge in [0.25, 0.3) is 5.91 Å². The first-order valence-electron chi connectivity index (χ1n) is 10.7. The van der Waals surface area contributed by atoms with Gasteiger partial charge in [0, 0.05) is 42.6 Å². The molecule has 30 heavy (non-hydrogen) atoms. The monoisotopic (exact) mass is 411 g/mol. The highest BCUT2D eigenvalue weighted by Crippen LogP contribution is 2.53. The van der Waals surface area contributed by atoms with E-state index in [1.54, 1.807) is 25.1 Å². The molecule has 2 aliphatic heterocycles. The molecule has 3 fully saturated rings. The molecule has 0 radical (unpaired) electrons. The van der Waals surface area contributed by atoms with E-state index in [0.717, 1.165) is 32.1 Å². The van der Waals surface area contributed by atoms with Crippen LogP contribution in [-0.2, 0) is 4.79 Å². The maximum absolute atomic E-state index is 13.6. The maximum Gasteiger partial charge on any atom is 0.292 e. The fourth-order valence-electron chi connectivity index (χ4n) is 6.17. The van der Waals surface area contributed by atoms with Crippen molar-refractivity contribution >= 4 is 11.8 Å². The molecule has 3 heterocycles. The van der Waals surface area contributed by atoms with Crippen molar-refractivity contribution in [1.29, 1.82) is 0 Å². The lowest BCUT2D eigenvalue weighted by atomic mass is 9.71. The van der Waals surface area contributed by atoms with Gasteiger partial charge < -0.3 is 14.3 Å². The molecule has 4 atom stereocenters. The van der Waals surface area contributed by atoms with Gasteiger partial charge in [0.2, 0.25) is 11.7 Å². The van der Waals surface area contributed by atoms with Gasteiger partial charge in [0.15, 0.2) is 0 Å². The molecule has 7 heteroatoms. The van der Waals surface area contributed by atoms with Gasteiger partial charge in [-0.05, 0) is 31.4 Å². The van der Waals surface area contributed by atoms with E-state index in [9.17, 15) is 14.0 Å². The molecule has 0 unspecified atom stereocenters. The number of amides is 2. The minimum Gasteiger partial charge on any atom is -0.350 e. The third kappa shape index (κ3) is 2.86. The molecule has 3 aliphatic rings. The van der Waals surface area contributed by atoms with Crippen molar-refractivity contribution in [2.45, 2.75) is 64.1 Å². The lowest BCUT2D eigenvalue weighted by molar-refractivity contribution is -0.132. The largest absolute Gasteiger partial charge is 0.350 e. The van der Waals surface area contributed by atoms with E-state index in [0.29, 0.717) is 17.8 Å². The van der Waals surface area contributed by atoms with E-state index in [1.165, 1.54) is 12.1 Å². The number of carbonyl (C=O) groups is 2. The minimum absolute atomic E-state index is 0.0430. The van der Waals surface area contributed by atoms with Crippen LogP contribution < -0.4 is 0 Å². The Labute approximate surface area is 175 Å². The first-order valence-corrected chi connectivity index (χ1v) is 10.7. The van der Waals surface area contributed by atoms with Gasteiger partial charge in [-0.25, -0.2) is 4.39 Å². The third-order valence-corrected chi connectivity index (χ3v) is 7.38. The van der Waals surface area contributed by atoms with Gasteiger partial charge >= 0.3 is 0 Å². The van der Waals surface area contributed by atoms with E-state index in [2.05, 4.69) is 12.1 Å². The van der Waals surface area contributed by atoms with Crippen LogP contribution in [-0.4, -0.2) is 51.4 Å². The number of piperidine rings is 1. The number of nitrogens with zero attached hydrogens (tertiary/aromatic N) is 3. The highest BCUT2D eigenvalue weighted by molar-refractivity contribution is 5.93. The van der Waals surface area contributed by atoms with Crippen molar-refractivity contribution in [2.75, 3.05) is 6.54 Å². The summed E-state index contributed by atoms with van der Waals surface area (Å²) < 4.78 is 19.0. The van der Waals surface area contributed by atoms with Gasteiger partial charge in [-0.15, -0.1) is 0 Å². The molecule has 0 spiro atoms. The molecule has 2 saturated heterocycles. The molecule has 1 aromatic carbocycles. The van der Waals surface area contributed by atoms with Crippen LogP contribution in [0.4, 0.5) is 4.39 Å². The summed E-state index contributed by atoms with van der Waals surface area (Å²) in [7, 11) is 0. The van der Waals surface area contributed by atoms with Crippen molar-refractivity contribution in [3.05, 3.63) is 41.9 Å². The van der Waals surface area contributed by atoms with E-state index in [4.69, 9.17) is 4.52 Å². The molecule has 5 rings (SSSR count). The van der Waals surface area contributed by atoms with E-state index >= 15 is 0 Å². The highest BCUT2D eigenvalue weighted by atomic mass is 19.1. The molecule has 2 bridgehead atoms. The highest BCUT2D eigenvalue weighted by Gasteiger charge is 2.60. The number of aromatic nitrogens is 1. The van der Waals surface area contributed by atoms with Crippen LogP contribution in [0.2, 0.25) is 0 Å². The summed E-state index contributed by atoms with van der Waals surface area (Å²) in [5.74, 6) is -0.305. The molecule has 158 valence electrons. The summed E-state index contributed by atoms with van der Waals surface area (Å²) in [6.07, 6.45) is 4.99. The zero-order valence-corrected chi connectivity index (χ0v) is 17.3. The van der Waals surface area contributed by atoms with E-state index in [-0.39, 0.29) is 46.9 Å². The summed E-state index contributed by atoms with van der Waals surface area (Å²) in [6, 6.07) is 7.96. The fraction of sp³-hybridized carbons (Fsp3) is 0.522. The van der Waals surface area contributed by atoms with Gasteiger partial charge in [0.05, 0.1) is 6.04 Å². The third-order valence-electron chi connectivity index (χ3n) is 7.38. The van der Waals surface area contributed by atoms with Crippen LogP contribution in [0, 0.1) is 11.2 Å². The number of hydrogen-bond donors (Lipinski definition) is 0. The summed E-state index contributed by atoms with van der Waals surface area (Å²) in [4.78, 5) is 29.9. The van der Waals surface area contributed by atoms with Gasteiger partial charge in [-0.3, -0.25) is 9.59 Å². The van der Waals surface area contributed by atoms with Gasteiger partial charge in [0.1, 0.15) is 11.5 Å². The fourth-order valence-corrected chi connectivity index (χ4v) is 6.17. The smallest absolute Gasteiger partial charge is 0.292 e. The summed E-state index contributed by atoms with van der Waals surface area (Å²) in [6.45, 7) is 4.39. The molecule has 1 aliphatic carbocycles. The predicted octanol–water partition coefficient (Wildman–Crippen LogP) is 3.87. The molecule has 2 aromatic rings. The van der Waals surface area contributed by atoms with Crippen LogP contribution in [0.15, 0.2) is 34.9 Å². The number of fused-ring (bicyclic) bond motifs is 1. The van der Waals surface area contributed by atoms with Crippen molar-refractivity contribution < 1.29 is 18.5 Å². The molecule has 1 aromatic heterocycles. The first kappa shape index (κ1) is 19.3. The van der Waals surface area contributed by atoms with E-state index < -0.39 is 0 Å². The topological polar surface area (TPSA) is 66.7 Å². The van der Waals surface area contributed by atoms with Crippen molar-refractivity contribution in [2.24, 2.45) is 5.41 Å². The SMILES string of the molecule is CC(=O)N1[C@@H]2CN(C(=O)c3cc(-c4cccc(F)c4)no3)[C@@H]3CCCC[C@H]1[C@]3(C)C2. The summed E-state index contributed by atoms with van der Waals surface area (Å²) >= 11 is 0. The van der Waals surface area contributed by atoms with Gasteiger partial charge in [-0.2, -0.15) is 0 Å². The van der Waals surface area contributed by atoms with E-state index in [1.807, 2.05) is 9.80 Å². The summed E-state index contributed by atoms with van der Waals surface area (Å²) in [5.41, 5.74) is 0.903. The van der Waals surface area contributed by atoms with Crippen molar-refractivity contribution in [3.63, 3.8) is 0 Å². The molecule has 6 nitrogen and oxygen atoms in total. The number of hydrogen-bond acceptors (Lipinski definition) is 4.